The van der Waals surface area contributed by atoms with Crippen molar-refractivity contribution < 1.29 is 9.53 Å². The molecule has 3 aliphatic rings. The van der Waals surface area contributed by atoms with Gasteiger partial charge in [-0.15, -0.1) is 0 Å². The highest BCUT2D eigenvalue weighted by molar-refractivity contribution is 6.29. The molecule has 3 heterocycles. The first-order valence-electron chi connectivity index (χ1n) is 17.9. The van der Waals surface area contributed by atoms with Crippen LogP contribution in [0.3, 0.4) is 0 Å². The van der Waals surface area contributed by atoms with Gasteiger partial charge in [0, 0.05) is 17.6 Å². The molecule has 10 rings (SSSR count). The number of carbonyl (C=O) groups excluding carboxylic acids is 1. The first kappa shape index (κ1) is 32.3. The van der Waals surface area contributed by atoms with Crippen molar-refractivity contribution in [3.8, 4) is 11.4 Å². The van der Waals surface area contributed by atoms with E-state index in [1.807, 2.05) is 42.5 Å². The molecule has 52 heavy (non-hydrogen) atoms. The molecule has 0 amide bonds. The summed E-state index contributed by atoms with van der Waals surface area (Å²) in [5.74, 6) is 1.42. The van der Waals surface area contributed by atoms with Gasteiger partial charge in [0.05, 0.1) is 30.3 Å². The monoisotopic (exact) mass is 704 g/mol. The zero-order valence-corrected chi connectivity index (χ0v) is 29.4. The average molecular weight is 705 g/mol. The minimum Gasteiger partial charge on any atom is -0.469 e. The topological polar surface area (TPSA) is 94.8 Å². The summed E-state index contributed by atoms with van der Waals surface area (Å²) < 4.78 is 7.55. The van der Waals surface area contributed by atoms with Gasteiger partial charge in [-0.2, -0.15) is 0 Å². The van der Waals surface area contributed by atoms with E-state index in [4.69, 9.17) is 36.3 Å². The lowest BCUT2D eigenvalue weighted by Gasteiger charge is -2.47. The Bertz CT molecular complexity index is 2300. The Morgan fingerprint density at radius 3 is 1.96 bits per heavy atom. The highest BCUT2D eigenvalue weighted by atomic mass is 35.5. The zero-order valence-electron chi connectivity index (χ0n) is 28.7. The van der Waals surface area contributed by atoms with E-state index < -0.39 is 5.54 Å². The van der Waals surface area contributed by atoms with Crippen LogP contribution in [0.15, 0.2) is 128 Å². The summed E-state index contributed by atoms with van der Waals surface area (Å²) in [6, 6.07) is 39.3. The molecule has 1 N–H and O–H groups in total. The zero-order chi connectivity index (χ0) is 35.2. The molecule has 0 radical (unpaired) electrons. The summed E-state index contributed by atoms with van der Waals surface area (Å²) in [6.07, 6.45) is 7.91. The van der Waals surface area contributed by atoms with Crippen LogP contribution in [0.2, 0.25) is 5.15 Å². The lowest BCUT2D eigenvalue weighted by molar-refractivity contribution is -0.152. The van der Waals surface area contributed by atoms with Crippen molar-refractivity contribution in [3.63, 3.8) is 0 Å². The highest BCUT2D eigenvalue weighted by Gasteiger charge is 2.48. The molecule has 3 saturated carbocycles. The van der Waals surface area contributed by atoms with E-state index in [1.54, 1.807) is 6.20 Å². The Morgan fingerprint density at radius 1 is 0.769 bits per heavy atom. The molecule has 7 aromatic rings. The number of benzene rings is 4. The van der Waals surface area contributed by atoms with Crippen LogP contribution in [0, 0.1) is 17.8 Å². The fourth-order valence-electron chi connectivity index (χ4n) is 8.94. The molecule has 0 aliphatic heterocycles. The number of nitrogens with zero attached hydrogens (tertiary/aromatic N) is 5. The molecular formula is C43H37ClN6O2. The minimum atomic E-state index is -0.851. The molecule has 258 valence electrons. The Balaban J connectivity index is 1.29. The molecule has 0 saturated heterocycles. The van der Waals surface area contributed by atoms with Crippen LogP contribution in [0.25, 0.3) is 33.5 Å². The number of ether oxygens (including phenoxy) is 1. The van der Waals surface area contributed by atoms with Crippen LogP contribution < -0.4 is 5.32 Å². The van der Waals surface area contributed by atoms with Gasteiger partial charge in [-0.25, -0.2) is 19.9 Å². The first-order chi connectivity index (χ1) is 25.6. The van der Waals surface area contributed by atoms with Crippen LogP contribution in [0.1, 0.15) is 42.4 Å². The maximum absolute atomic E-state index is 13.2. The Kier molecular flexibility index (Phi) is 8.19. The third-order valence-electron chi connectivity index (χ3n) is 11.2. The van der Waals surface area contributed by atoms with Gasteiger partial charge in [0.1, 0.15) is 22.0 Å². The smallest absolute Gasteiger partial charge is 0.311 e. The molecule has 0 spiro atoms. The number of methoxy groups -OCH3 is 1. The van der Waals surface area contributed by atoms with E-state index in [0.29, 0.717) is 40.2 Å². The van der Waals surface area contributed by atoms with Gasteiger partial charge in [-0.1, -0.05) is 115 Å². The average Bonchev–Trinajstić information content (AvgIpc) is 3.58. The number of fused-ring (bicyclic) bond motifs is 5. The Hall–Kier alpha value is -5.60. The summed E-state index contributed by atoms with van der Waals surface area (Å²) in [5, 5.41) is 4.94. The van der Waals surface area contributed by atoms with Crippen molar-refractivity contribution in [1.82, 2.24) is 24.5 Å². The Labute approximate surface area is 306 Å². The van der Waals surface area contributed by atoms with E-state index in [9.17, 15) is 4.79 Å². The van der Waals surface area contributed by atoms with E-state index in [2.05, 4.69) is 88.9 Å². The SMILES string of the molecule is COC(=O)C1C2CCC(CC2)C1Nc1nc(-c2cn(C(c3ccccc3)(c3ccccc3)c3ccccc3)c3ncc(Cl)nc23)nc2ccccc12. The van der Waals surface area contributed by atoms with Crippen LogP contribution in [-0.4, -0.2) is 43.6 Å². The van der Waals surface area contributed by atoms with Gasteiger partial charge in [0.25, 0.3) is 0 Å². The molecule has 3 fully saturated rings. The maximum Gasteiger partial charge on any atom is 0.311 e. The molecule has 2 atom stereocenters. The van der Waals surface area contributed by atoms with E-state index >= 15 is 0 Å². The molecular weight excluding hydrogens is 668 g/mol. The van der Waals surface area contributed by atoms with E-state index in [1.165, 1.54) is 7.11 Å². The number of halogens is 1. The van der Waals surface area contributed by atoms with Crippen LogP contribution in [-0.2, 0) is 15.1 Å². The third-order valence-corrected chi connectivity index (χ3v) is 11.4. The van der Waals surface area contributed by atoms with Gasteiger partial charge in [0.2, 0.25) is 0 Å². The van der Waals surface area contributed by atoms with Crippen molar-refractivity contribution in [2.45, 2.75) is 37.3 Å². The van der Waals surface area contributed by atoms with E-state index in [-0.39, 0.29) is 23.1 Å². The van der Waals surface area contributed by atoms with Crippen LogP contribution >= 0.6 is 11.6 Å². The van der Waals surface area contributed by atoms with Gasteiger partial charge < -0.3 is 14.6 Å². The summed E-state index contributed by atoms with van der Waals surface area (Å²) in [5.41, 5.74) is 5.00. The van der Waals surface area contributed by atoms with Gasteiger partial charge in [-0.05, 0) is 66.3 Å². The lowest BCUT2D eigenvalue weighted by Crippen LogP contribution is -2.51. The normalized spacial score (nSPS) is 19.9. The molecule has 3 aromatic heterocycles. The van der Waals surface area contributed by atoms with Gasteiger partial charge >= 0.3 is 5.97 Å². The van der Waals surface area contributed by atoms with Gasteiger partial charge in [0.15, 0.2) is 11.5 Å². The van der Waals surface area contributed by atoms with Crippen molar-refractivity contribution in [3.05, 3.63) is 149 Å². The summed E-state index contributed by atoms with van der Waals surface area (Å²) >= 11 is 6.62. The van der Waals surface area contributed by atoms with E-state index in [0.717, 1.165) is 53.3 Å². The number of aromatic nitrogens is 5. The number of rotatable bonds is 8. The number of para-hydroxylation sites is 1. The largest absolute Gasteiger partial charge is 0.469 e. The lowest BCUT2D eigenvalue weighted by atomic mass is 9.61. The fraction of sp³-hybridized carbons (Fsp3) is 0.233. The molecule has 9 heteroatoms. The van der Waals surface area contributed by atoms with Crippen molar-refractivity contribution >= 4 is 45.5 Å². The Morgan fingerprint density at radius 2 is 1.35 bits per heavy atom. The quantitative estimate of drug-likeness (QED) is 0.125. The number of esters is 1. The number of hydrogen-bond donors (Lipinski definition) is 1. The standard InChI is InChI=1S/C43H37ClN6O2/c1-52-42(51)36-27-21-23-28(24-22-27)37(36)48-39-32-19-11-12-20-34(32)46-40(49-39)33-26-50(41-38(33)47-35(44)25-45-41)43(29-13-5-2-6-14-29,30-15-7-3-8-16-30)31-17-9-4-10-18-31/h2-20,25-28,36-37H,21-24H2,1H3,(H,46,48,49). The highest BCUT2D eigenvalue weighted by Crippen LogP contribution is 2.48. The summed E-state index contributed by atoms with van der Waals surface area (Å²) in [7, 11) is 1.49. The number of hydrogen-bond acceptors (Lipinski definition) is 7. The minimum absolute atomic E-state index is 0.0939. The second-order valence-corrected chi connectivity index (χ2v) is 14.3. The summed E-state index contributed by atoms with van der Waals surface area (Å²) in [6.45, 7) is 0. The number of carbonyl (C=O) groups is 1. The molecule has 2 bridgehead atoms. The predicted octanol–water partition coefficient (Wildman–Crippen LogP) is 8.92. The predicted molar refractivity (Wildman–Crippen MR) is 204 cm³/mol. The van der Waals surface area contributed by atoms with Crippen LogP contribution in [0.4, 0.5) is 5.82 Å². The second kappa shape index (κ2) is 13.2. The van der Waals surface area contributed by atoms with Gasteiger partial charge in [-0.3, -0.25) is 4.79 Å². The fourth-order valence-corrected chi connectivity index (χ4v) is 9.07. The molecule has 8 nitrogen and oxygen atoms in total. The van der Waals surface area contributed by atoms with Crippen molar-refractivity contribution in [1.29, 1.82) is 0 Å². The van der Waals surface area contributed by atoms with Crippen molar-refractivity contribution in [2.24, 2.45) is 17.8 Å². The third kappa shape index (κ3) is 5.23. The first-order valence-corrected chi connectivity index (χ1v) is 18.3. The van der Waals surface area contributed by atoms with Crippen LogP contribution in [0.5, 0.6) is 0 Å². The maximum atomic E-state index is 13.2. The summed E-state index contributed by atoms with van der Waals surface area (Å²) in [4.78, 5) is 33.5. The molecule has 4 aromatic carbocycles. The number of anilines is 1. The molecule has 2 unspecified atom stereocenters. The van der Waals surface area contributed by atoms with Crippen molar-refractivity contribution in [2.75, 3.05) is 12.4 Å². The second-order valence-electron chi connectivity index (χ2n) is 13.9. The molecule has 3 aliphatic carbocycles. The number of nitrogens with one attached hydrogen (secondary N) is 1.